The van der Waals surface area contributed by atoms with Crippen LogP contribution in [0.1, 0.15) is 22.8 Å². The third kappa shape index (κ3) is 1.87. The monoisotopic (exact) mass is 178 g/mol. The number of aromatic carboxylic acids is 1. The minimum atomic E-state index is -1.12. The molecule has 1 rings (SSSR count). The van der Waals surface area contributed by atoms with Gasteiger partial charge >= 0.3 is 5.97 Å². The fourth-order valence-electron chi connectivity index (χ4n) is 1.05. The van der Waals surface area contributed by atoms with E-state index in [2.05, 4.69) is 0 Å². The van der Waals surface area contributed by atoms with Crippen LogP contribution in [0.15, 0.2) is 24.3 Å². The highest BCUT2D eigenvalue weighted by atomic mass is 16.4. The normalized spacial score (nSPS) is 10.5. The van der Waals surface area contributed by atoms with Gasteiger partial charge in [0.2, 0.25) is 0 Å². The molecule has 68 valence electrons. The Morgan fingerprint density at radius 3 is 2.69 bits per heavy atom. The molecule has 13 heavy (non-hydrogen) atoms. The molecule has 3 nitrogen and oxygen atoms in total. The van der Waals surface area contributed by atoms with E-state index < -0.39 is 5.97 Å². The maximum Gasteiger partial charge on any atom is 0.339 e. The Balaban J connectivity index is 3.26. The summed E-state index contributed by atoms with van der Waals surface area (Å²) in [5, 5.41) is 18.1. The molecule has 0 aliphatic rings. The van der Waals surface area contributed by atoms with Crippen LogP contribution in [0, 0.1) is 0 Å². The highest BCUT2D eigenvalue weighted by Crippen LogP contribution is 2.23. The van der Waals surface area contributed by atoms with Crippen molar-refractivity contribution < 1.29 is 15.0 Å². The van der Waals surface area contributed by atoms with Gasteiger partial charge in [0, 0.05) is 5.56 Å². The van der Waals surface area contributed by atoms with E-state index in [1.807, 2.05) is 0 Å². The minimum Gasteiger partial charge on any atom is -0.506 e. The predicted molar refractivity (Wildman–Crippen MR) is 49.8 cm³/mol. The number of rotatable bonds is 2. The van der Waals surface area contributed by atoms with Crippen LogP contribution in [0.25, 0.3) is 6.08 Å². The van der Waals surface area contributed by atoms with Crippen LogP contribution in [0.5, 0.6) is 5.75 Å². The third-order valence-corrected chi connectivity index (χ3v) is 1.64. The summed E-state index contributed by atoms with van der Waals surface area (Å²) in [6.45, 7) is 1.80. The summed E-state index contributed by atoms with van der Waals surface area (Å²) in [6.07, 6.45) is 3.39. The Hall–Kier alpha value is -1.77. The zero-order chi connectivity index (χ0) is 9.84. The SMILES string of the molecule is C/C=C/c1cccc(C(=O)O)c1O. The fourth-order valence-corrected chi connectivity index (χ4v) is 1.05. The Kier molecular flexibility index (Phi) is 2.69. The van der Waals surface area contributed by atoms with Crippen molar-refractivity contribution >= 4 is 12.0 Å². The van der Waals surface area contributed by atoms with Crippen LogP contribution >= 0.6 is 0 Å². The van der Waals surface area contributed by atoms with E-state index in [1.54, 1.807) is 31.2 Å². The number of hydrogen-bond donors (Lipinski definition) is 2. The zero-order valence-corrected chi connectivity index (χ0v) is 7.19. The third-order valence-electron chi connectivity index (χ3n) is 1.64. The smallest absolute Gasteiger partial charge is 0.339 e. The zero-order valence-electron chi connectivity index (χ0n) is 7.19. The van der Waals surface area contributed by atoms with Crippen LogP contribution < -0.4 is 0 Å². The average Bonchev–Trinajstić information content (AvgIpc) is 2.08. The molecule has 1 aromatic carbocycles. The van der Waals surface area contributed by atoms with E-state index in [-0.39, 0.29) is 11.3 Å². The molecular formula is C10H10O3. The average molecular weight is 178 g/mol. The molecule has 0 unspecified atom stereocenters. The molecule has 0 spiro atoms. The van der Waals surface area contributed by atoms with Gasteiger partial charge in [0.25, 0.3) is 0 Å². The molecule has 2 N–H and O–H groups in total. The molecule has 0 bridgehead atoms. The maximum atomic E-state index is 10.6. The summed E-state index contributed by atoms with van der Waals surface area (Å²) < 4.78 is 0. The Labute approximate surface area is 76.0 Å². The molecule has 0 amide bonds. The fraction of sp³-hybridized carbons (Fsp3) is 0.100. The molecule has 0 atom stereocenters. The second-order valence-electron chi connectivity index (χ2n) is 2.55. The summed E-state index contributed by atoms with van der Waals surface area (Å²) in [4.78, 5) is 10.6. The standard InChI is InChI=1S/C10H10O3/c1-2-4-7-5-3-6-8(9(7)11)10(12)13/h2-6,11H,1H3,(H,12,13)/b4-2+. The lowest BCUT2D eigenvalue weighted by Gasteiger charge is -2.01. The number of carboxylic acids is 1. The van der Waals surface area contributed by atoms with Gasteiger partial charge in [-0.15, -0.1) is 0 Å². The van der Waals surface area contributed by atoms with Gasteiger partial charge in [-0.05, 0) is 13.0 Å². The van der Waals surface area contributed by atoms with Gasteiger partial charge in [0.1, 0.15) is 11.3 Å². The van der Waals surface area contributed by atoms with E-state index in [1.165, 1.54) is 6.07 Å². The number of para-hydroxylation sites is 1. The molecule has 0 saturated heterocycles. The van der Waals surface area contributed by atoms with Crippen molar-refractivity contribution in [1.29, 1.82) is 0 Å². The van der Waals surface area contributed by atoms with Crippen molar-refractivity contribution in [3.63, 3.8) is 0 Å². The summed E-state index contributed by atoms with van der Waals surface area (Å²) in [6, 6.07) is 4.62. The largest absolute Gasteiger partial charge is 0.506 e. The van der Waals surface area contributed by atoms with Gasteiger partial charge in [-0.3, -0.25) is 0 Å². The summed E-state index contributed by atoms with van der Waals surface area (Å²) in [7, 11) is 0. The van der Waals surface area contributed by atoms with E-state index in [0.29, 0.717) is 5.56 Å². The van der Waals surface area contributed by atoms with Crippen molar-refractivity contribution in [2.45, 2.75) is 6.92 Å². The summed E-state index contributed by atoms with van der Waals surface area (Å²) in [5.41, 5.74) is 0.443. The van der Waals surface area contributed by atoms with Gasteiger partial charge in [0.05, 0.1) is 0 Å². The number of carboxylic acid groups (broad SMARTS) is 1. The van der Waals surface area contributed by atoms with Crippen LogP contribution in [-0.2, 0) is 0 Å². The second-order valence-corrected chi connectivity index (χ2v) is 2.55. The Morgan fingerprint density at radius 2 is 2.15 bits per heavy atom. The van der Waals surface area contributed by atoms with Crippen LogP contribution in [-0.4, -0.2) is 16.2 Å². The molecular weight excluding hydrogens is 168 g/mol. The van der Waals surface area contributed by atoms with Crippen molar-refractivity contribution in [3.8, 4) is 5.75 Å². The van der Waals surface area contributed by atoms with Gasteiger partial charge in [0.15, 0.2) is 0 Å². The number of aromatic hydroxyl groups is 1. The van der Waals surface area contributed by atoms with Gasteiger partial charge in [-0.1, -0.05) is 24.3 Å². The molecule has 1 aromatic rings. The van der Waals surface area contributed by atoms with E-state index in [4.69, 9.17) is 5.11 Å². The minimum absolute atomic E-state index is 0.0735. The number of carbonyl (C=O) groups is 1. The Morgan fingerprint density at radius 1 is 1.46 bits per heavy atom. The molecule has 3 heteroatoms. The lowest BCUT2D eigenvalue weighted by atomic mass is 10.1. The highest BCUT2D eigenvalue weighted by Gasteiger charge is 2.10. The van der Waals surface area contributed by atoms with Crippen molar-refractivity contribution in [2.24, 2.45) is 0 Å². The van der Waals surface area contributed by atoms with E-state index >= 15 is 0 Å². The highest BCUT2D eigenvalue weighted by molar-refractivity contribution is 5.92. The lowest BCUT2D eigenvalue weighted by molar-refractivity contribution is 0.0693. The van der Waals surface area contributed by atoms with Gasteiger partial charge in [-0.2, -0.15) is 0 Å². The van der Waals surface area contributed by atoms with E-state index in [0.717, 1.165) is 0 Å². The molecule has 0 aliphatic carbocycles. The topological polar surface area (TPSA) is 57.5 Å². The number of allylic oxidation sites excluding steroid dienone is 1. The van der Waals surface area contributed by atoms with Crippen molar-refractivity contribution in [1.82, 2.24) is 0 Å². The number of hydrogen-bond acceptors (Lipinski definition) is 2. The number of benzene rings is 1. The molecule has 0 heterocycles. The predicted octanol–water partition coefficient (Wildman–Crippen LogP) is 2.12. The Bertz CT molecular complexity index is 353. The second kappa shape index (κ2) is 3.76. The lowest BCUT2D eigenvalue weighted by Crippen LogP contribution is -1.97. The summed E-state index contributed by atoms with van der Waals surface area (Å²) in [5.74, 6) is -1.31. The molecule has 0 saturated carbocycles. The first-order chi connectivity index (χ1) is 6.16. The quantitative estimate of drug-likeness (QED) is 0.729. The molecule has 0 fully saturated rings. The first kappa shape index (κ1) is 9.32. The number of phenols is 1. The molecule has 0 aromatic heterocycles. The summed E-state index contributed by atoms with van der Waals surface area (Å²) >= 11 is 0. The van der Waals surface area contributed by atoms with Crippen molar-refractivity contribution in [2.75, 3.05) is 0 Å². The molecule has 0 aliphatic heterocycles. The van der Waals surface area contributed by atoms with Crippen LogP contribution in [0.3, 0.4) is 0 Å². The van der Waals surface area contributed by atoms with Gasteiger partial charge in [-0.25, -0.2) is 4.79 Å². The van der Waals surface area contributed by atoms with Crippen LogP contribution in [0.4, 0.5) is 0 Å². The van der Waals surface area contributed by atoms with Gasteiger partial charge < -0.3 is 10.2 Å². The first-order valence-corrected chi connectivity index (χ1v) is 3.84. The van der Waals surface area contributed by atoms with Crippen LogP contribution in [0.2, 0.25) is 0 Å². The maximum absolute atomic E-state index is 10.6. The van der Waals surface area contributed by atoms with E-state index in [9.17, 15) is 9.90 Å². The first-order valence-electron chi connectivity index (χ1n) is 3.84. The molecule has 0 radical (unpaired) electrons. The van der Waals surface area contributed by atoms with Crippen molar-refractivity contribution in [3.05, 3.63) is 35.4 Å².